The van der Waals surface area contributed by atoms with Crippen LogP contribution in [0.3, 0.4) is 0 Å². The van der Waals surface area contributed by atoms with Crippen LogP contribution in [0.4, 0.5) is 4.79 Å². The van der Waals surface area contributed by atoms with Gasteiger partial charge >= 0.3 is 12.1 Å². The minimum atomic E-state index is -1.21. The van der Waals surface area contributed by atoms with Crippen LogP contribution >= 0.6 is 0 Å². The molecule has 1 saturated carbocycles. The maximum Gasteiger partial charge on any atom is 0.407 e. The number of carbonyl (C=O) groups excluding carboxylic acids is 2. The molecule has 1 unspecified atom stereocenters. The normalized spacial score (nSPS) is 17.1. The molecule has 2 aliphatic carbocycles. The Hall–Kier alpha value is -3.39. The molecule has 0 aromatic heterocycles. The predicted octanol–water partition coefficient (Wildman–Crippen LogP) is 3.04. The number of carboxylic acids is 1. The van der Waals surface area contributed by atoms with Crippen LogP contribution in [0.2, 0.25) is 0 Å². The lowest BCUT2D eigenvalue weighted by Crippen LogP contribution is -2.52. The zero-order valence-electron chi connectivity index (χ0n) is 19.1. The highest BCUT2D eigenvalue weighted by Gasteiger charge is 2.45. The van der Waals surface area contributed by atoms with Crippen LogP contribution in [0.5, 0.6) is 0 Å². The highest BCUT2D eigenvalue weighted by atomic mass is 16.5. The lowest BCUT2D eigenvalue weighted by Gasteiger charge is -2.31. The molecule has 34 heavy (non-hydrogen) atoms. The molecule has 4 N–H and O–H groups in total. The fourth-order valence-corrected chi connectivity index (χ4v) is 4.84. The van der Waals surface area contributed by atoms with Gasteiger partial charge in [0.1, 0.15) is 12.6 Å². The van der Waals surface area contributed by atoms with Crippen LogP contribution in [-0.4, -0.2) is 53.0 Å². The Labute approximate surface area is 198 Å². The van der Waals surface area contributed by atoms with Crippen LogP contribution in [-0.2, 0) is 14.3 Å². The Morgan fingerprint density at radius 1 is 1.06 bits per heavy atom. The van der Waals surface area contributed by atoms with E-state index in [2.05, 4.69) is 22.8 Å². The molecule has 0 spiro atoms. The summed E-state index contributed by atoms with van der Waals surface area (Å²) >= 11 is 0. The number of ether oxygens (including phenoxy) is 1. The maximum atomic E-state index is 12.8. The first-order chi connectivity index (χ1) is 16.3. The van der Waals surface area contributed by atoms with Crippen molar-refractivity contribution < 1.29 is 29.3 Å². The van der Waals surface area contributed by atoms with Gasteiger partial charge in [-0.2, -0.15) is 0 Å². The third-order valence-corrected chi connectivity index (χ3v) is 6.79. The second-order valence-corrected chi connectivity index (χ2v) is 9.29. The van der Waals surface area contributed by atoms with Crippen molar-refractivity contribution in [1.29, 1.82) is 0 Å². The Bertz CT molecular complexity index is 1040. The van der Waals surface area contributed by atoms with Gasteiger partial charge in [0.15, 0.2) is 0 Å². The van der Waals surface area contributed by atoms with Crippen molar-refractivity contribution in [3.63, 3.8) is 0 Å². The molecule has 0 saturated heterocycles. The Morgan fingerprint density at radius 3 is 2.18 bits per heavy atom. The summed E-state index contributed by atoms with van der Waals surface area (Å²) in [6.45, 7) is 1.60. The molecule has 0 heterocycles. The molecule has 4 rings (SSSR count). The first kappa shape index (κ1) is 23.8. The molecule has 2 atom stereocenters. The molecule has 1 fully saturated rings. The van der Waals surface area contributed by atoms with E-state index in [1.54, 1.807) is 6.92 Å². The van der Waals surface area contributed by atoms with Crippen molar-refractivity contribution in [3.8, 4) is 11.1 Å². The van der Waals surface area contributed by atoms with Gasteiger partial charge in [-0.15, -0.1) is 0 Å². The van der Waals surface area contributed by atoms with E-state index in [4.69, 9.17) is 9.84 Å². The molecule has 8 nitrogen and oxygen atoms in total. The number of carboxylic acid groups (broad SMARTS) is 1. The summed E-state index contributed by atoms with van der Waals surface area (Å²) in [5, 5.41) is 23.6. The Morgan fingerprint density at radius 2 is 1.65 bits per heavy atom. The number of aliphatic hydroxyl groups excluding tert-OH is 1. The van der Waals surface area contributed by atoms with Crippen molar-refractivity contribution in [1.82, 2.24) is 10.6 Å². The molecule has 0 radical (unpaired) electrons. The van der Waals surface area contributed by atoms with Crippen molar-refractivity contribution in [2.75, 3.05) is 13.2 Å². The SMILES string of the molecule is CC(CC(=O)N[C@H](CCO)C(=O)O)(NC(=O)OCC1c2ccccc2-c2ccccc21)C1CC1. The van der Waals surface area contributed by atoms with Crippen LogP contribution in [0.15, 0.2) is 48.5 Å². The zero-order valence-corrected chi connectivity index (χ0v) is 19.1. The van der Waals surface area contributed by atoms with E-state index >= 15 is 0 Å². The average Bonchev–Trinajstić information content (AvgIpc) is 3.61. The first-order valence-corrected chi connectivity index (χ1v) is 11.6. The van der Waals surface area contributed by atoms with E-state index in [0.29, 0.717) is 0 Å². The highest BCUT2D eigenvalue weighted by molar-refractivity contribution is 5.85. The fourth-order valence-electron chi connectivity index (χ4n) is 4.84. The summed E-state index contributed by atoms with van der Waals surface area (Å²) in [6.07, 6.45) is 0.978. The number of fused-ring (bicyclic) bond motifs is 3. The molecule has 2 aromatic rings. The van der Waals surface area contributed by atoms with Gasteiger partial charge in [-0.3, -0.25) is 4.79 Å². The summed E-state index contributed by atoms with van der Waals surface area (Å²) in [6, 6.07) is 15.0. The minimum absolute atomic E-state index is 0.0663. The van der Waals surface area contributed by atoms with E-state index in [9.17, 15) is 19.5 Å². The largest absolute Gasteiger partial charge is 0.480 e. The molecule has 8 heteroatoms. The molecular formula is C26H30N2O6. The van der Waals surface area contributed by atoms with E-state index < -0.39 is 29.6 Å². The monoisotopic (exact) mass is 466 g/mol. The quantitative estimate of drug-likeness (QED) is 0.427. The number of amides is 2. The maximum absolute atomic E-state index is 12.8. The van der Waals surface area contributed by atoms with Crippen LogP contribution in [0, 0.1) is 5.92 Å². The fraction of sp³-hybridized carbons (Fsp3) is 0.423. The van der Waals surface area contributed by atoms with E-state index in [1.807, 2.05) is 36.4 Å². The number of carbonyl (C=O) groups is 3. The van der Waals surface area contributed by atoms with Gasteiger partial charge in [0.05, 0.1) is 5.54 Å². The van der Waals surface area contributed by atoms with E-state index in [1.165, 1.54) is 0 Å². The number of alkyl carbamates (subject to hydrolysis) is 1. The van der Waals surface area contributed by atoms with E-state index in [-0.39, 0.29) is 37.9 Å². The highest BCUT2D eigenvalue weighted by Crippen LogP contribution is 2.45. The van der Waals surface area contributed by atoms with Crippen LogP contribution in [0.25, 0.3) is 11.1 Å². The van der Waals surface area contributed by atoms with Crippen LogP contribution in [0.1, 0.15) is 49.7 Å². The van der Waals surface area contributed by atoms with Crippen molar-refractivity contribution in [2.45, 2.75) is 50.1 Å². The summed E-state index contributed by atoms with van der Waals surface area (Å²) in [7, 11) is 0. The summed E-state index contributed by atoms with van der Waals surface area (Å²) in [4.78, 5) is 36.6. The van der Waals surface area contributed by atoms with Gasteiger partial charge in [0, 0.05) is 25.4 Å². The number of aliphatic carboxylic acids is 1. The number of rotatable bonds is 10. The number of nitrogens with one attached hydrogen (secondary N) is 2. The number of hydrogen-bond acceptors (Lipinski definition) is 5. The second-order valence-electron chi connectivity index (χ2n) is 9.29. The molecule has 0 bridgehead atoms. The summed E-state index contributed by atoms with van der Waals surface area (Å²) in [5.41, 5.74) is 3.66. The molecule has 2 amide bonds. The zero-order chi connectivity index (χ0) is 24.3. The van der Waals surface area contributed by atoms with Gasteiger partial charge in [0.25, 0.3) is 0 Å². The smallest absolute Gasteiger partial charge is 0.407 e. The topological polar surface area (TPSA) is 125 Å². The first-order valence-electron chi connectivity index (χ1n) is 11.6. The van der Waals surface area contributed by atoms with Crippen molar-refractivity contribution in [2.24, 2.45) is 5.92 Å². The van der Waals surface area contributed by atoms with Gasteiger partial charge in [-0.1, -0.05) is 48.5 Å². The van der Waals surface area contributed by atoms with Gasteiger partial charge in [-0.25, -0.2) is 9.59 Å². The standard InChI is InChI=1S/C26H30N2O6/c1-26(16-10-11-16,14-23(30)27-22(12-13-29)24(31)32)28-25(33)34-15-21-19-8-4-2-6-17(19)18-7-3-5-9-20(18)21/h2-9,16,21-22,29H,10-15H2,1H3,(H,27,30)(H,28,33)(H,31,32)/t22-,26?/m1/s1. The lowest BCUT2D eigenvalue weighted by molar-refractivity contribution is -0.142. The average molecular weight is 467 g/mol. The van der Waals surface area contributed by atoms with Crippen molar-refractivity contribution >= 4 is 18.0 Å². The molecule has 180 valence electrons. The summed E-state index contributed by atoms with van der Waals surface area (Å²) in [5.74, 6) is -1.66. The lowest BCUT2D eigenvalue weighted by atomic mass is 9.91. The van der Waals surface area contributed by atoms with Gasteiger partial charge in [0.2, 0.25) is 5.91 Å². The molecule has 2 aromatic carbocycles. The number of hydrogen-bond donors (Lipinski definition) is 4. The molecule has 0 aliphatic heterocycles. The third-order valence-electron chi connectivity index (χ3n) is 6.79. The van der Waals surface area contributed by atoms with E-state index in [0.717, 1.165) is 35.1 Å². The molecular weight excluding hydrogens is 436 g/mol. The van der Waals surface area contributed by atoms with Crippen molar-refractivity contribution in [3.05, 3.63) is 59.7 Å². The summed E-state index contributed by atoms with van der Waals surface area (Å²) < 4.78 is 5.64. The number of aliphatic hydroxyl groups is 1. The van der Waals surface area contributed by atoms with Crippen LogP contribution < -0.4 is 10.6 Å². The van der Waals surface area contributed by atoms with Gasteiger partial charge < -0.3 is 25.6 Å². The second kappa shape index (κ2) is 9.85. The third kappa shape index (κ3) is 5.07. The predicted molar refractivity (Wildman–Crippen MR) is 125 cm³/mol. The number of benzene rings is 2. The minimum Gasteiger partial charge on any atom is -0.480 e. The molecule has 2 aliphatic rings. The Balaban J connectivity index is 1.39. The van der Waals surface area contributed by atoms with Gasteiger partial charge in [-0.05, 0) is 47.9 Å². The Kier molecular flexibility index (Phi) is 6.88.